The van der Waals surface area contributed by atoms with Crippen LogP contribution in [0.15, 0.2) is 12.1 Å². The molecule has 43 heavy (non-hydrogen) atoms. The van der Waals surface area contributed by atoms with Crippen LogP contribution in [0, 0.1) is 12.7 Å². The van der Waals surface area contributed by atoms with Crippen LogP contribution in [0.3, 0.4) is 0 Å². The molecule has 0 unspecified atom stereocenters. The summed E-state index contributed by atoms with van der Waals surface area (Å²) in [7, 11) is 0. The van der Waals surface area contributed by atoms with Gasteiger partial charge in [-0.15, -0.1) is 0 Å². The second kappa shape index (κ2) is 10.3. The zero-order valence-electron chi connectivity index (χ0n) is 23.8. The molecule has 13 heteroatoms. The lowest BCUT2D eigenvalue weighted by molar-refractivity contribution is -0.137. The molecule has 3 atom stereocenters. The topological polar surface area (TPSA) is 89.6 Å². The molecule has 7 rings (SSSR count). The maximum Gasteiger partial charge on any atom is 0.418 e. The van der Waals surface area contributed by atoms with Crippen molar-refractivity contribution >= 4 is 22.4 Å². The summed E-state index contributed by atoms with van der Waals surface area (Å²) < 4.78 is 86.1. The SMILES string of the molecule is Cc1nc(N)cc(-c2nc3c4c(cc(OC[C@@]56CCCN5C[C@H](F)C6)nc4c2F)N2CCCCC[C@H]2CO3)c1C(F)(F)F. The van der Waals surface area contributed by atoms with Gasteiger partial charge in [-0.3, -0.25) is 4.90 Å². The Hall–Kier alpha value is -3.48. The van der Waals surface area contributed by atoms with Crippen molar-refractivity contribution in [3.05, 3.63) is 29.2 Å². The van der Waals surface area contributed by atoms with Crippen molar-refractivity contribution in [2.24, 2.45) is 0 Å². The lowest BCUT2D eigenvalue weighted by Gasteiger charge is -2.32. The number of nitrogen functional groups attached to an aromatic ring is 1. The Morgan fingerprint density at radius 1 is 1.12 bits per heavy atom. The van der Waals surface area contributed by atoms with Crippen LogP contribution in [-0.2, 0) is 6.18 Å². The molecule has 0 radical (unpaired) electrons. The summed E-state index contributed by atoms with van der Waals surface area (Å²) in [5.74, 6) is -1.11. The molecule has 3 aromatic rings. The summed E-state index contributed by atoms with van der Waals surface area (Å²) >= 11 is 0. The maximum atomic E-state index is 16.6. The molecule has 0 saturated carbocycles. The van der Waals surface area contributed by atoms with E-state index in [4.69, 9.17) is 15.2 Å². The number of hydrogen-bond donors (Lipinski definition) is 1. The minimum absolute atomic E-state index is 0.00584. The Labute approximate surface area is 245 Å². The van der Waals surface area contributed by atoms with Crippen molar-refractivity contribution in [3.63, 3.8) is 0 Å². The van der Waals surface area contributed by atoms with Crippen molar-refractivity contribution in [2.75, 3.05) is 43.5 Å². The smallest absolute Gasteiger partial charge is 0.418 e. The van der Waals surface area contributed by atoms with Gasteiger partial charge in [0.1, 0.15) is 36.4 Å². The molecule has 0 spiro atoms. The molecule has 3 fully saturated rings. The summed E-state index contributed by atoms with van der Waals surface area (Å²) in [5, 5.41) is 0.288. The number of alkyl halides is 4. The van der Waals surface area contributed by atoms with Gasteiger partial charge in [-0.05, 0) is 45.2 Å². The van der Waals surface area contributed by atoms with Crippen molar-refractivity contribution in [1.29, 1.82) is 0 Å². The number of hydrogen-bond acceptors (Lipinski definition) is 8. The molecule has 0 bridgehead atoms. The molecule has 8 nitrogen and oxygen atoms in total. The third-order valence-corrected chi connectivity index (χ3v) is 9.43. The van der Waals surface area contributed by atoms with E-state index in [0.717, 1.165) is 51.1 Å². The highest BCUT2D eigenvalue weighted by atomic mass is 19.4. The Morgan fingerprint density at radius 2 is 1.95 bits per heavy atom. The van der Waals surface area contributed by atoms with Gasteiger partial charge in [-0.2, -0.15) is 13.2 Å². The number of fused-ring (bicyclic) bond motifs is 3. The zero-order chi connectivity index (χ0) is 30.1. The quantitative estimate of drug-likeness (QED) is 0.372. The van der Waals surface area contributed by atoms with Gasteiger partial charge in [0.05, 0.1) is 33.9 Å². The Kier molecular flexibility index (Phi) is 6.79. The monoisotopic (exact) mass is 604 g/mol. The molecule has 0 aromatic carbocycles. The highest BCUT2D eigenvalue weighted by molar-refractivity contribution is 5.99. The van der Waals surface area contributed by atoms with Crippen LogP contribution in [0.1, 0.15) is 56.2 Å². The highest BCUT2D eigenvalue weighted by Crippen LogP contribution is 2.46. The predicted octanol–water partition coefficient (Wildman–Crippen LogP) is 5.84. The summed E-state index contributed by atoms with van der Waals surface area (Å²) in [6.07, 6.45) is 0.0494. The van der Waals surface area contributed by atoms with Crippen LogP contribution in [0.25, 0.3) is 22.2 Å². The lowest BCUT2D eigenvalue weighted by Crippen LogP contribution is -2.43. The summed E-state index contributed by atoms with van der Waals surface area (Å²) in [5.41, 5.74) is 3.17. The molecule has 2 N–H and O–H groups in total. The van der Waals surface area contributed by atoms with Crippen LogP contribution in [-0.4, -0.2) is 70.5 Å². The standard InChI is InChI=1S/C30H33F5N6O2/c1-16-24(30(33,34)35)19(10-21(36)37-16)26-25(32)27-23-20(41-9-4-2-3-6-18(41)14-42-28(23)39-26)11-22(38-27)43-15-29-7-5-8-40(29)13-17(31)12-29/h10-11,17-18H,2-9,12-15H2,1H3,(H2,36,37)/t17-,18+,29+/m1/s1. The number of nitrogens with two attached hydrogens (primary N) is 1. The van der Waals surface area contributed by atoms with Crippen molar-refractivity contribution in [2.45, 2.75) is 75.8 Å². The fourth-order valence-electron chi connectivity index (χ4n) is 7.52. The third-order valence-electron chi connectivity index (χ3n) is 9.43. The maximum absolute atomic E-state index is 16.6. The molecule has 4 aliphatic rings. The number of anilines is 2. The van der Waals surface area contributed by atoms with Crippen LogP contribution >= 0.6 is 0 Å². The first-order chi connectivity index (χ1) is 20.5. The average Bonchev–Trinajstić information content (AvgIpc) is 3.29. The summed E-state index contributed by atoms with van der Waals surface area (Å²) in [6, 6.07) is 2.68. The van der Waals surface area contributed by atoms with E-state index in [1.165, 1.54) is 6.92 Å². The highest BCUT2D eigenvalue weighted by Gasteiger charge is 2.49. The van der Waals surface area contributed by atoms with Gasteiger partial charge < -0.3 is 20.1 Å². The fraction of sp³-hybridized carbons (Fsp3) is 0.567. The Balaban J connectivity index is 1.41. The van der Waals surface area contributed by atoms with Crippen molar-refractivity contribution < 1.29 is 31.4 Å². The van der Waals surface area contributed by atoms with E-state index < -0.39 is 46.2 Å². The zero-order valence-corrected chi connectivity index (χ0v) is 23.8. The summed E-state index contributed by atoms with van der Waals surface area (Å²) in [4.78, 5) is 16.9. The largest absolute Gasteiger partial charge is 0.476 e. The molecule has 230 valence electrons. The van der Waals surface area contributed by atoms with E-state index in [1.807, 2.05) is 0 Å². The molecule has 4 aliphatic heterocycles. The minimum atomic E-state index is -4.84. The predicted molar refractivity (Wildman–Crippen MR) is 151 cm³/mol. The van der Waals surface area contributed by atoms with E-state index in [1.54, 1.807) is 6.07 Å². The minimum Gasteiger partial charge on any atom is -0.476 e. The van der Waals surface area contributed by atoms with E-state index in [-0.39, 0.29) is 47.7 Å². The second-order valence-electron chi connectivity index (χ2n) is 12.2. The second-order valence-corrected chi connectivity index (χ2v) is 12.2. The van der Waals surface area contributed by atoms with E-state index in [2.05, 4.69) is 24.8 Å². The van der Waals surface area contributed by atoms with Gasteiger partial charge in [0.25, 0.3) is 0 Å². The first-order valence-electron chi connectivity index (χ1n) is 14.8. The number of pyridine rings is 3. The molecule has 0 amide bonds. The van der Waals surface area contributed by atoms with Crippen LogP contribution in [0.5, 0.6) is 11.8 Å². The Bertz CT molecular complexity index is 1590. The van der Waals surface area contributed by atoms with Gasteiger partial charge in [0.2, 0.25) is 11.8 Å². The molecular weight excluding hydrogens is 571 g/mol. The molecule has 0 aliphatic carbocycles. The van der Waals surface area contributed by atoms with E-state index in [0.29, 0.717) is 25.2 Å². The van der Waals surface area contributed by atoms with Crippen LogP contribution in [0.4, 0.5) is 33.5 Å². The van der Waals surface area contributed by atoms with Gasteiger partial charge in [-0.1, -0.05) is 12.8 Å². The molecule has 7 heterocycles. The number of halogens is 5. The van der Waals surface area contributed by atoms with Gasteiger partial charge in [0, 0.05) is 31.1 Å². The first-order valence-corrected chi connectivity index (χ1v) is 14.8. The lowest BCUT2D eigenvalue weighted by atomic mass is 9.95. The number of ether oxygens (including phenoxy) is 2. The number of aromatic nitrogens is 3. The molecular formula is C30H33F5N6O2. The van der Waals surface area contributed by atoms with Gasteiger partial charge in [-0.25, -0.2) is 23.7 Å². The van der Waals surface area contributed by atoms with Gasteiger partial charge in [0.15, 0.2) is 5.82 Å². The first kappa shape index (κ1) is 28.3. The number of nitrogens with zero attached hydrogens (tertiary/aromatic N) is 5. The Morgan fingerprint density at radius 3 is 2.77 bits per heavy atom. The average molecular weight is 605 g/mol. The number of aryl methyl sites for hydroxylation is 1. The van der Waals surface area contributed by atoms with Crippen LogP contribution < -0.4 is 20.1 Å². The molecule has 3 saturated heterocycles. The summed E-state index contributed by atoms with van der Waals surface area (Å²) in [6.45, 7) is 3.42. The van der Waals surface area contributed by atoms with E-state index in [9.17, 15) is 17.6 Å². The molecule has 3 aromatic heterocycles. The third kappa shape index (κ3) is 4.79. The normalized spacial score (nSPS) is 25.7. The van der Waals surface area contributed by atoms with Gasteiger partial charge >= 0.3 is 6.18 Å². The van der Waals surface area contributed by atoms with Crippen molar-refractivity contribution in [3.8, 4) is 23.0 Å². The number of rotatable bonds is 4. The van der Waals surface area contributed by atoms with Crippen molar-refractivity contribution in [1.82, 2.24) is 19.9 Å². The fourth-order valence-corrected chi connectivity index (χ4v) is 7.52. The van der Waals surface area contributed by atoms with Crippen LogP contribution in [0.2, 0.25) is 0 Å². The van der Waals surface area contributed by atoms with E-state index >= 15 is 4.39 Å².